The average Bonchev–Trinajstić information content (AvgIpc) is 2.75. The van der Waals surface area contributed by atoms with Crippen LogP contribution in [0.5, 0.6) is 0 Å². The van der Waals surface area contributed by atoms with Crippen LogP contribution in [0.15, 0.2) is 36.4 Å². The van der Waals surface area contributed by atoms with Crippen LogP contribution in [0.25, 0.3) is 10.2 Å². The summed E-state index contributed by atoms with van der Waals surface area (Å²) in [7, 11) is 0. The molecule has 0 amide bonds. The number of thiazole rings is 1. The number of hydrogen-bond donors (Lipinski definition) is 1. The fourth-order valence-electron chi connectivity index (χ4n) is 1.65. The summed E-state index contributed by atoms with van der Waals surface area (Å²) in [5.74, 6) is -0.266. The smallest absolute Gasteiger partial charge is 0.188 e. The normalized spacial score (nSPS) is 10.9. The van der Waals surface area contributed by atoms with E-state index in [1.165, 1.54) is 23.5 Å². The summed E-state index contributed by atoms with van der Waals surface area (Å²) in [5.41, 5.74) is 1.54. The van der Waals surface area contributed by atoms with E-state index >= 15 is 0 Å². The third-order valence-corrected chi connectivity index (χ3v) is 4.19. The SMILES string of the molecule is Fc1ccc2nc(Nc3ccc(Cl)c(Cl)c3)sc2c1. The zero-order chi connectivity index (χ0) is 13.4. The third kappa shape index (κ3) is 2.66. The molecule has 0 saturated heterocycles. The van der Waals surface area contributed by atoms with E-state index in [0.29, 0.717) is 15.2 Å². The van der Waals surface area contributed by atoms with Crippen LogP contribution in [0.3, 0.4) is 0 Å². The van der Waals surface area contributed by atoms with Gasteiger partial charge in [-0.3, -0.25) is 0 Å². The molecule has 0 unspecified atom stereocenters. The lowest BCUT2D eigenvalue weighted by Crippen LogP contribution is -1.88. The molecule has 0 atom stereocenters. The molecule has 3 aromatic rings. The Hall–Kier alpha value is -1.36. The number of benzene rings is 2. The first-order chi connectivity index (χ1) is 9.11. The molecule has 0 saturated carbocycles. The molecule has 0 aliphatic carbocycles. The summed E-state index contributed by atoms with van der Waals surface area (Å²) in [6.07, 6.45) is 0. The van der Waals surface area contributed by atoms with E-state index in [-0.39, 0.29) is 5.82 Å². The van der Waals surface area contributed by atoms with Crippen LogP contribution in [-0.4, -0.2) is 4.98 Å². The maximum Gasteiger partial charge on any atom is 0.188 e. The highest BCUT2D eigenvalue weighted by Crippen LogP contribution is 2.31. The number of fused-ring (bicyclic) bond motifs is 1. The Kier molecular flexibility index (Phi) is 3.31. The molecule has 0 spiro atoms. The highest BCUT2D eigenvalue weighted by Gasteiger charge is 2.06. The van der Waals surface area contributed by atoms with E-state index in [1.807, 2.05) is 0 Å². The summed E-state index contributed by atoms with van der Waals surface area (Å²) in [6.45, 7) is 0. The number of aromatic nitrogens is 1. The number of rotatable bonds is 2. The molecule has 19 heavy (non-hydrogen) atoms. The van der Waals surface area contributed by atoms with Crippen molar-refractivity contribution in [1.29, 1.82) is 0 Å². The van der Waals surface area contributed by atoms with E-state index < -0.39 is 0 Å². The van der Waals surface area contributed by atoms with Crippen LogP contribution < -0.4 is 5.32 Å². The zero-order valence-electron chi connectivity index (χ0n) is 9.45. The standard InChI is InChI=1S/C13H7Cl2FN2S/c14-9-3-2-8(6-10(9)15)17-13-18-11-4-1-7(16)5-12(11)19-13/h1-6H,(H,17,18). The van der Waals surface area contributed by atoms with Gasteiger partial charge >= 0.3 is 0 Å². The van der Waals surface area contributed by atoms with Crippen molar-refractivity contribution < 1.29 is 4.39 Å². The first-order valence-electron chi connectivity index (χ1n) is 5.40. The predicted octanol–water partition coefficient (Wildman–Crippen LogP) is 5.49. The second-order valence-electron chi connectivity index (χ2n) is 3.88. The number of hydrogen-bond acceptors (Lipinski definition) is 3. The minimum absolute atomic E-state index is 0.266. The summed E-state index contributed by atoms with van der Waals surface area (Å²) >= 11 is 13.2. The van der Waals surface area contributed by atoms with Gasteiger partial charge in [0.25, 0.3) is 0 Å². The second-order valence-corrected chi connectivity index (χ2v) is 5.73. The predicted molar refractivity (Wildman–Crippen MR) is 79.3 cm³/mol. The topological polar surface area (TPSA) is 24.9 Å². The van der Waals surface area contributed by atoms with Crippen molar-refractivity contribution in [1.82, 2.24) is 4.98 Å². The van der Waals surface area contributed by atoms with Gasteiger partial charge in [0.1, 0.15) is 5.82 Å². The van der Waals surface area contributed by atoms with Crippen molar-refractivity contribution in [2.45, 2.75) is 0 Å². The molecule has 0 bridgehead atoms. The molecule has 2 nitrogen and oxygen atoms in total. The summed E-state index contributed by atoms with van der Waals surface area (Å²) < 4.78 is 13.9. The van der Waals surface area contributed by atoms with Gasteiger partial charge in [-0.2, -0.15) is 0 Å². The molecule has 1 heterocycles. The van der Waals surface area contributed by atoms with Gasteiger partial charge in [0, 0.05) is 5.69 Å². The summed E-state index contributed by atoms with van der Waals surface area (Å²) in [6, 6.07) is 9.75. The van der Waals surface area contributed by atoms with E-state index in [1.54, 1.807) is 24.3 Å². The number of halogens is 3. The molecule has 0 radical (unpaired) electrons. The van der Waals surface area contributed by atoms with Crippen molar-refractivity contribution in [2.24, 2.45) is 0 Å². The Morgan fingerprint density at radius 1 is 1.05 bits per heavy atom. The van der Waals surface area contributed by atoms with Crippen molar-refractivity contribution in [2.75, 3.05) is 5.32 Å². The Labute approximate surface area is 122 Å². The van der Waals surface area contributed by atoms with Crippen molar-refractivity contribution in [3.05, 3.63) is 52.3 Å². The van der Waals surface area contributed by atoms with Gasteiger partial charge in [0.2, 0.25) is 0 Å². The lowest BCUT2D eigenvalue weighted by molar-refractivity contribution is 0.630. The minimum atomic E-state index is -0.266. The van der Waals surface area contributed by atoms with E-state index in [4.69, 9.17) is 23.2 Å². The average molecular weight is 313 g/mol. The number of anilines is 2. The van der Waals surface area contributed by atoms with Crippen LogP contribution in [-0.2, 0) is 0 Å². The van der Waals surface area contributed by atoms with E-state index in [9.17, 15) is 4.39 Å². The maximum atomic E-state index is 13.1. The largest absolute Gasteiger partial charge is 0.331 e. The summed E-state index contributed by atoms with van der Waals surface area (Å²) in [4.78, 5) is 4.37. The maximum absolute atomic E-state index is 13.1. The molecule has 0 aliphatic heterocycles. The Morgan fingerprint density at radius 2 is 1.89 bits per heavy atom. The fourth-order valence-corrected chi connectivity index (χ4v) is 2.86. The van der Waals surface area contributed by atoms with E-state index in [0.717, 1.165) is 15.9 Å². The monoisotopic (exact) mass is 312 g/mol. The van der Waals surface area contributed by atoms with Gasteiger partial charge in [-0.25, -0.2) is 9.37 Å². The van der Waals surface area contributed by atoms with Gasteiger partial charge in [0.05, 0.1) is 20.3 Å². The lowest BCUT2D eigenvalue weighted by atomic mass is 10.3. The third-order valence-electron chi connectivity index (χ3n) is 2.52. The number of nitrogens with zero attached hydrogens (tertiary/aromatic N) is 1. The Morgan fingerprint density at radius 3 is 2.68 bits per heavy atom. The molecule has 1 N–H and O–H groups in total. The van der Waals surface area contributed by atoms with Crippen LogP contribution in [0.4, 0.5) is 15.2 Å². The molecular weight excluding hydrogens is 306 g/mol. The first kappa shape index (κ1) is 12.7. The quantitative estimate of drug-likeness (QED) is 0.677. The Bertz CT molecular complexity index is 757. The van der Waals surface area contributed by atoms with E-state index in [2.05, 4.69) is 10.3 Å². The van der Waals surface area contributed by atoms with Crippen LogP contribution in [0.1, 0.15) is 0 Å². The molecule has 1 aromatic heterocycles. The van der Waals surface area contributed by atoms with Crippen LogP contribution >= 0.6 is 34.5 Å². The molecule has 0 aliphatic rings. The molecule has 6 heteroatoms. The Balaban J connectivity index is 1.94. The van der Waals surface area contributed by atoms with Gasteiger partial charge in [0.15, 0.2) is 5.13 Å². The van der Waals surface area contributed by atoms with Crippen molar-refractivity contribution in [3.8, 4) is 0 Å². The molecular formula is C13H7Cl2FN2S. The van der Waals surface area contributed by atoms with Crippen LogP contribution in [0.2, 0.25) is 10.0 Å². The molecule has 3 rings (SSSR count). The van der Waals surface area contributed by atoms with Gasteiger partial charge < -0.3 is 5.32 Å². The minimum Gasteiger partial charge on any atom is -0.331 e. The highest BCUT2D eigenvalue weighted by atomic mass is 35.5. The van der Waals surface area contributed by atoms with Gasteiger partial charge in [-0.05, 0) is 36.4 Å². The molecule has 0 fully saturated rings. The second kappa shape index (κ2) is 4.96. The first-order valence-corrected chi connectivity index (χ1v) is 6.97. The molecule has 96 valence electrons. The van der Waals surface area contributed by atoms with Crippen LogP contribution in [0, 0.1) is 5.82 Å². The number of nitrogens with one attached hydrogen (secondary N) is 1. The van der Waals surface area contributed by atoms with Crippen molar-refractivity contribution in [3.63, 3.8) is 0 Å². The van der Waals surface area contributed by atoms with Crippen molar-refractivity contribution >= 4 is 55.6 Å². The van der Waals surface area contributed by atoms with Gasteiger partial charge in [-0.1, -0.05) is 34.5 Å². The lowest BCUT2D eigenvalue weighted by Gasteiger charge is -2.03. The fraction of sp³-hybridized carbons (Fsp3) is 0. The van der Waals surface area contributed by atoms with Gasteiger partial charge in [-0.15, -0.1) is 0 Å². The highest BCUT2D eigenvalue weighted by molar-refractivity contribution is 7.22. The molecule has 2 aromatic carbocycles. The zero-order valence-corrected chi connectivity index (χ0v) is 11.8. The summed E-state index contributed by atoms with van der Waals surface area (Å²) in [5, 5.41) is 4.77.